The first-order valence-corrected chi connectivity index (χ1v) is 34.7. The lowest BCUT2D eigenvalue weighted by molar-refractivity contribution is -0.142. The number of aromatic nitrogens is 2. The second kappa shape index (κ2) is 39.7. The van der Waals surface area contributed by atoms with Gasteiger partial charge in [-0.15, -0.1) is 0 Å². The van der Waals surface area contributed by atoms with Crippen LogP contribution in [0, 0.1) is 18.6 Å². The van der Waals surface area contributed by atoms with Crippen LogP contribution in [0.5, 0.6) is 5.75 Å². The minimum atomic E-state index is -2.69. The average molecular weight is 1530 g/mol. The predicted molar refractivity (Wildman–Crippen MR) is 392 cm³/mol. The van der Waals surface area contributed by atoms with Crippen molar-refractivity contribution >= 4 is 76.9 Å². The zero-order chi connectivity index (χ0) is 81.5. The molecule has 0 bridgehead atoms. The molecule has 11 amide bonds. The Morgan fingerprint density at radius 1 is 0.582 bits per heavy atom. The molecule has 0 spiro atoms. The summed E-state index contributed by atoms with van der Waals surface area (Å²) in [6.45, 7) is 6.71. The van der Waals surface area contributed by atoms with E-state index in [1.165, 1.54) is 33.5 Å². The number of hydrogen-bond donors (Lipinski definition) is 18. The van der Waals surface area contributed by atoms with Crippen LogP contribution >= 0.6 is 0 Å². The first-order chi connectivity index (χ1) is 51.9. The van der Waals surface area contributed by atoms with Gasteiger partial charge >= 0.3 is 11.9 Å². The molecule has 590 valence electrons. The third-order valence-corrected chi connectivity index (χ3v) is 17.8. The smallest absolute Gasteiger partial charge is 0.305 e. The van der Waals surface area contributed by atoms with Crippen LogP contribution in [0.4, 0.5) is 8.78 Å². The number of carbonyl (C=O) groups is 13. The molecule has 0 unspecified atom stereocenters. The van der Waals surface area contributed by atoms with Gasteiger partial charge in [-0.25, -0.2) is 13.8 Å². The number of nitrogens with two attached hydrogens (primary N) is 2. The highest BCUT2D eigenvalue weighted by molar-refractivity contribution is 6.01. The van der Waals surface area contributed by atoms with Crippen molar-refractivity contribution in [3.05, 3.63) is 167 Å². The molecule has 5 aromatic carbocycles. The molecule has 110 heavy (non-hydrogen) atoms. The molecule has 1 heterocycles. The molecule has 0 aliphatic heterocycles. The molecule has 6 aromatic rings. The number of methoxy groups -OCH3 is 1. The Labute approximate surface area is 630 Å². The first kappa shape index (κ1) is 86.8. The first-order valence-electron chi connectivity index (χ1n) is 34.7. The van der Waals surface area contributed by atoms with Gasteiger partial charge < -0.3 is 99.9 Å². The van der Waals surface area contributed by atoms with Crippen LogP contribution in [0.15, 0.2) is 122 Å². The number of amides is 11. The lowest BCUT2D eigenvalue weighted by atomic mass is 9.89. The van der Waals surface area contributed by atoms with E-state index >= 15 is 8.78 Å². The van der Waals surface area contributed by atoms with Crippen molar-refractivity contribution < 1.29 is 101 Å². The van der Waals surface area contributed by atoms with Crippen LogP contribution in [0.1, 0.15) is 87.9 Å². The Bertz CT molecular complexity index is 4300. The van der Waals surface area contributed by atoms with Crippen molar-refractivity contribution in [2.45, 2.75) is 165 Å². The summed E-state index contributed by atoms with van der Waals surface area (Å²) in [6, 6.07) is 15.0. The van der Waals surface area contributed by atoms with E-state index in [-0.39, 0.29) is 19.3 Å². The summed E-state index contributed by atoms with van der Waals surface area (Å²) in [5.41, 5.74) is 13.4. The molecule has 33 nitrogen and oxygen atoms in total. The van der Waals surface area contributed by atoms with Gasteiger partial charge in [0.15, 0.2) is 0 Å². The van der Waals surface area contributed by atoms with Crippen LogP contribution in [0.25, 0.3) is 22.3 Å². The van der Waals surface area contributed by atoms with E-state index in [0.29, 0.717) is 29.0 Å². The number of rotatable bonds is 40. The predicted octanol–water partition coefficient (Wildman–Crippen LogP) is -1.03. The van der Waals surface area contributed by atoms with Crippen LogP contribution < -0.4 is 69.4 Å². The van der Waals surface area contributed by atoms with E-state index in [2.05, 4.69) is 63.1 Å². The van der Waals surface area contributed by atoms with Gasteiger partial charge in [0.05, 0.1) is 57.7 Å². The van der Waals surface area contributed by atoms with Crippen LogP contribution in [-0.4, -0.2) is 204 Å². The number of aryl methyl sites for hydroxylation is 2. The maximum Gasteiger partial charge on any atom is 0.305 e. The number of primary amides is 1. The summed E-state index contributed by atoms with van der Waals surface area (Å²) < 4.78 is 36.4. The highest BCUT2D eigenvalue weighted by Crippen LogP contribution is 2.30. The van der Waals surface area contributed by atoms with Crippen LogP contribution in [0.3, 0.4) is 0 Å². The van der Waals surface area contributed by atoms with Gasteiger partial charge in [-0.3, -0.25) is 62.3 Å². The second-order valence-electron chi connectivity index (χ2n) is 26.9. The van der Waals surface area contributed by atoms with E-state index < -0.39 is 198 Å². The number of aliphatic hydroxyl groups is 3. The fourth-order valence-corrected chi connectivity index (χ4v) is 11.5. The topological polar surface area (TPSA) is 533 Å². The molecule has 0 radical (unpaired) electrons. The molecule has 11 atom stereocenters. The number of hydrogen-bond acceptors (Lipinski definition) is 19. The van der Waals surface area contributed by atoms with E-state index in [1.807, 2.05) is 62.4 Å². The molecular formula is C75H92F2N14O19. The number of benzene rings is 5. The molecule has 0 aliphatic rings. The van der Waals surface area contributed by atoms with Crippen molar-refractivity contribution in [2.24, 2.45) is 11.5 Å². The quantitative estimate of drug-likeness (QED) is 0.0219. The largest absolute Gasteiger partial charge is 0.497 e. The highest BCUT2D eigenvalue weighted by Gasteiger charge is 2.44. The number of ether oxygens (including phenoxy) is 1. The Balaban J connectivity index is 1.18. The molecule has 6 rings (SSSR count). The zero-order valence-corrected chi connectivity index (χ0v) is 61.5. The van der Waals surface area contributed by atoms with Gasteiger partial charge in [-0.1, -0.05) is 91.9 Å². The lowest BCUT2D eigenvalue weighted by Gasteiger charge is -2.34. The SMILES string of the molecule is CCc1cc(OC)ccc1-c1ccc(C[C@H](NC(=O)[C@H](CC(=O)O)NC(=O)[C@H](CO)NC(=O)[C@@H](NC(=O)[C@](C)(Cc2c(F)cccc2F)NC(=O)[C@@H](NC(=O)CNC(=O)[C@H](CC(=O)O)NC(=O)C(C)(C)NC(=O)[C@@H](N)Cc2cnc[nH]2)[C@@H](C)O)[C@@H](C)O)C(=O)N[C@@H](Cc2ccc(-c3ccccc3C)cc2)C(N)=O)cc1. The van der Waals surface area contributed by atoms with E-state index in [1.54, 1.807) is 42.5 Å². The van der Waals surface area contributed by atoms with Crippen molar-refractivity contribution in [1.29, 1.82) is 0 Å². The van der Waals surface area contributed by atoms with Gasteiger partial charge in [0.2, 0.25) is 65.0 Å². The van der Waals surface area contributed by atoms with Crippen LogP contribution in [-0.2, 0) is 94.4 Å². The maximum absolute atomic E-state index is 15.5. The molecule has 20 N–H and O–H groups in total. The number of aliphatic hydroxyl groups excluding tert-OH is 3. The molecule has 0 fully saturated rings. The normalized spacial score (nSPS) is 14.5. The minimum absolute atomic E-state index is 0.0193. The van der Waals surface area contributed by atoms with Gasteiger partial charge in [0.25, 0.3) is 0 Å². The summed E-state index contributed by atoms with van der Waals surface area (Å²) in [7, 11) is 1.54. The van der Waals surface area contributed by atoms with Gasteiger partial charge in [-0.05, 0) is 117 Å². The number of aliphatic carboxylic acids is 2. The highest BCUT2D eigenvalue weighted by atomic mass is 19.1. The lowest BCUT2D eigenvalue weighted by Crippen LogP contribution is -2.67. The summed E-state index contributed by atoms with van der Waals surface area (Å²) in [6.07, 6.45) is -4.35. The number of carboxylic acid groups (broad SMARTS) is 2. The fourth-order valence-electron chi connectivity index (χ4n) is 11.5. The number of halogens is 2. The van der Waals surface area contributed by atoms with Gasteiger partial charge in [0.1, 0.15) is 70.8 Å². The van der Waals surface area contributed by atoms with Crippen LogP contribution in [0.2, 0.25) is 0 Å². The second-order valence-corrected chi connectivity index (χ2v) is 26.9. The monoisotopic (exact) mass is 1530 g/mol. The molecular weight excluding hydrogens is 1440 g/mol. The van der Waals surface area contributed by atoms with Crippen molar-refractivity contribution in [1.82, 2.24) is 63.1 Å². The van der Waals surface area contributed by atoms with Gasteiger partial charge in [-0.2, -0.15) is 0 Å². The number of imidazole rings is 1. The summed E-state index contributed by atoms with van der Waals surface area (Å²) in [4.78, 5) is 183. The van der Waals surface area contributed by atoms with Gasteiger partial charge in [0, 0.05) is 43.1 Å². The number of carboxylic acids is 2. The Kier molecular flexibility index (Phi) is 31.3. The van der Waals surface area contributed by atoms with Crippen molar-refractivity contribution in [3.8, 4) is 28.0 Å². The number of carbonyl (C=O) groups excluding carboxylic acids is 11. The maximum atomic E-state index is 15.5. The number of H-pyrrole nitrogens is 1. The molecule has 35 heteroatoms. The van der Waals surface area contributed by atoms with E-state index in [0.717, 1.165) is 72.4 Å². The number of nitrogens with one attached hydrogen (secondary N) is 11. The average Bonchev–Trinajstić information content (AvgIpc) is 0.912. The third kappa shape index (κ3) is 24.7. The fraction of sp³-hybridized carbons (Fsp3) is 0.387. The van der Waals surface area contributed by atoms with Crippen molar-refractivity contribution in [3.63, 3.8) is 0 Å². The third-order valence-electron chi connectivity index (χ3n) is 17.8. The molecule has 0 aliphatic carbocycles. The molecule has 0 saturated heterocycles. The Morgan fingerprint density at radius 3 is 1.65 bits per heavy atom. The summed E-state index contributed by atoms with van der Waals surface area (Å²) >= 11 is 0. The molecule has 1 aromatic heterocycles. The Hall–Kier alpha value is -12.1. The Morgan fingerprint density at radius 2 is 1.11 bits per heavy atom. The molecule has 0 saturated carbocycles. The zero-order valence-electron chi connectivity index (χ0n) is 61.5. The summed E-state index contributed by atoms with van der Waals surface area (Å²) in [5, 5.41) is 74.5. The van der Waals surface area contributed by atoms with E-state index in [4.69, 9.17) is 16.2 Å². The van der Waals surface area contributed by atoms with E-state index in [9.17, 15) is 87.9 Å². The number of aromatic amines is 1. The minimum Gasteiger partial charge on any atom is -0.497 e. The standard InChI is InChI=1S/C75H92F2N14O19/c1-9-43-29-47(110-8)25-26-49(43)45-23-19-42(20-24-45)28-55(67(103)83-54(64(79)100)27-41-17-21-44(22-18-41)48-14-11-10-13-38(48)2)84-68(104)57(32-61(98)99)85-69(105)58(36-92)86-70(106)62(39(3)93)89-73(109)75(7,33-50-51(76)15-12-16-52(50)77)91-71(107)63(40(4)94)88-59(95)35-81-66(102)56(31-60(96)97)87-72(108)74(5,6)90-65(101)53(78)30-46-34-80-37-82-46/h10-26,29,34,37,39-40,53-58,62-63,92-94H,9,27-28,30-33,35-36,78H2,1-8H3,(H2,79,100)(H,80,82)(H,81,102)(H,83,103)(H,84,104)(H,85,105)(H,86,106)(H,87,108)(H,88,95)(H,89,109)(H,90,101)(H,91,107)(H,96,97)(H,98,99)/t39-,40-,53+,54+,55+,56+,57+,58+,62+,63+,75+/m1/s1. The number of nitrogens with zero attached hydrogens (tertiary/aromatic N) is 1. The summed E-state index contributed by atoms with van der Waals surface area (Å²) in [5.74, 6) is -18.9. The van der Waals surface area contributed by atoms with Crippen molar-refractivity contribution in [2.75, 3.05) is 20.3 Å².